The zero-order valence-electron chi connectivity index (χ0n) is 12.2. The van der Waals surface area contributed by atoms with Crippen molar-refractivity contribution in [2.75, 3.05) is 18.5 Å². The molecule has 0 unspecified atom stereocenters. The standard InChI is InChI=1S/C16H15N5O/c1-21-8-5-12-9-11(3-4-13(12)21)10-14-19-16(20-22-14)15-17-6-2-7-18-15/h2-4,6-7,9H,5,8,10H2,1H3. The molecule has 3 heterocycles. The number of rotatable bonds is 3. The highest BCUT2D eigenvalue weighted by Crippen LogP contribution is 2.28. The predicted octanol–water partition coefficient (Wildman–Crippen LogP) is 2.11. The van der Waals surface area contributed by atoms with Gasteiger partial charge in [-0.3, -0.25) is 0 Å². The van der Waals surface area contributed by atoms with Crippen LogP contribution in [0.25, 0.3) is 11.6 Å². The van der Waals surface area contributed by atoms with Gasteiger partial charge in [-0.2, -0.15) is 4.98 Å². The molecule has 1 aliphatic heterocycles. The normalized spacial score (nSPS) is 13.4. The van der Waals surface area contributed by atoms with Crippen LogP contribution in [0.4, 0.5) is 5.69 Å². The van der Waals surface area contributed by atoms with Gasteiger partial charge in [0.1, 0.15) is 0 Å². The summed E-state index contributed by atoms with van der Waals surface area (Å²) in [5, 5.41) is 3.95. The number of likely N-dealkylation sites (N-methyl/N-ethyl adjacent to an activating group) is 1. The zero-order chi connectivity index (χ0) is 14.9. The van der Waals surface area contributed by atoms with E-state index in [2.05, 4.69) is 50.3 Å². The summed E-state index contributed by atoms with van der Waals surface area (Å²) in [5.74, 6) is 1.48. The highest BCUT2D eigenvalue weighted by molar-refractivity contribution is 5.58. The molecule has 0 fully saturated rings. The lowest BCUT2D eigenvalue weighted by Crippen LogP contribution is -2.12. The summed E-state index contributed by atoms with van der Waals surface area (Å²) in [4.78, 5) is 14.9. The second-order valence-corrected chi connectivity index (χ2v) is 5.40. The van der Waals surface area contributed by atoms with Crippen molar-refractivity contribution in [3.05, 3.63) is 53.7 Å². The van der Waals surface area contributed by atoms with Crippen molar-refractivity contribution >= 4 is 5.69 Å². The molecule has 0 radical (unpaired) electrons. The molecular formula is C16H15N5O. The molecule has 6 nitrogen and oxygen atoms in total. The van der Waals surface area contributed by atoms with Crippen LogP contribution in [0.1, 0.15) is 17.0 Å². The number of hydrogen-bond donors (Lipinski definition) is 0. The van der Waals surface area contributed by atoms with Crippen LogP contribution in [0.2, 0.25) is 0 Å². The molecule has 1 aromatic carbocycles. The summed E-state index contributed by atoms with van der Waals surface area (Å²) in [6, 6.07) is 8.26. The third kappa shape index (κ3) is 2.32. The highest BCUT2D eigenvalue weighted by atomic mass is 16.5. The lowest BCUT2D eigenvalue weighted by atomic mass is 10.1. The highest BCUT2D eigenvalue weighted by Gasteiger charge is 2.17. The van der Waals surface area contributed by atoms with Gasteiger partial charge in [0.05, 0.1) is 6.42 Å². The molecule has 0 amide bonds. The maximum atomic E-state index is 5.31. The van der Waals surface area contributed by atoms with Gasteiger partial charge in [0.2, 0.25) is 17.5 Å². The molecule has 0 atom stereocenters. The van der Waals surface area contributed by atoms with Gasteiger partial charge in [0.15, 0.2) is 0 Å². The Morgan fingerprint density at radius 2 is 2.05 bits per heavy atom. The maximum absolute atomic E-state index is 5.31. The molecular weight excluding hydrogens is 278 g/mol. The topological polar surface area (TPSA) is 67.9 Å². The fraction of sp³-hybridized carbons (Fsp3) is 0.250. The molecule has 1 aliphatic rings. The number of anilines is 1. The number of hydrogen-bond acceptors (Lipinski definition) is 6. The van der Waals surface area contributed by atoms with Crippen molar-refractivity contribution in [3.8, 4) is 11.6 Å². The molecule has 0 bridgehead atoms. The van der Waals surface area contributed by atoms with Crippen molar-refractivity contribution in [1.82, 2.24) is 20.1 Å². The number of nitrogens with zero attached hydrogens (tertiary/aromatic N) is 5. The predicted molar refractivity (Wildman–Crippen MR) is 81.5 cm³/mol. The summed E-state index contributed by atoms with van der Waals surface area (Å²) in [6.45, 7) is 1.08. The second-order valence-electron chi connectivity index (χ2n) is 5.40. The molecule has 6 heteroatoms. The van der Waals surface area contributed by atoms with Gasteiger partial charge in [0, 0.05) is 31.7 Å². The summed E-state index contributed by atoms with van der Waals surface area (Å²) in [5.41, 5.74) is 3.87. The molecule has 0 spiro atoms. The van der Waals surface area contributed by atoms with E-state index < -0.39 is 0 Å². The molecule has 0 N–H and O–H groups in total. The van der Waals surface area contributed by atoms with Crippen LogP contribution in [0.3, 0.4) is 0 Å². The van der Waals surface area contributed by atoms with Crippen molar-refractivity contribution in [2.45, 2.75) is 12.8 Å². The first-order valence-corrected chi connectivity index (χ1v) is 7.22. The van der Waals surface area contributed by atoms with E-state index in [4.69, 9.17) is 4.52 Å². The Morgan fingerprint density at radius 3 is 2.91 bits per heavy atom. The monoisotopic (exact) mass is 293 g/mol. The quantitative estimate of drug-likeness (QED) is 0.736. The summed E-state index contributed by atoms with van der Waals surface area (Å²) < 4.78 is 5.31. The van der Waals surface area contributed by atoms with E-state index in [1.165, 1.54) is 16.8 Å². The van der Waals surface area contributed by atoms with Crippen LogP contribution in [-0.4, -0.2) is 33.7 Å². The van der Waals surface area contributed by atoms with Gasteiger partial charge < -0.3 is 9.42 Å². The third-order valence-electron chi connectivity index (χ3n) is 3.86. The van der Waals surface area contributed by atoms with Crippen molar-refractivity contribution in [3.63, 3.8) is 0 Å². The molecule has 2 aromatic heterocycles. The Bertz CT molecular complexity index is 799. The molecule has 4 rings (SSSR count). The Kier molecular flexibility index (Phi) is 3.07. The van der Waals surface area contributed by atoms with Crippen molar-refractivity contribution in [1.29, 1.82) is 0 Å². The Labute approximate surface area is 127 Å². The first-order chi connectivity index (χ1) is 10.8. The van der Waals surface area contributed by atoms with E-state index >= 15 is 0 Å². The van der Waals surface area contributed by atoms with Crippen molar-refractivity contribution in [2.24, 2.45) is 0 Å². The average Bonchev–Trinajstić information content (AvgIpc) is 3.16. The van der Waals surface area contributed by atoms with Gasteiger partial charge in [-0.1, -0.05) is 17.3 Å². The number of benzene rings is 1. The minimum Gasteiger partial charge on any atom is -0.374 e. The van der Waals surface area contributed by atoms with Gasteiger partial charge in [-0.15, -0.1) is 0 Å². The SMILES string of the molecule is CN1CCc2cc(Cc3nc(-c4ncccn4)no3)ccc21. The van der Waals surface area contributed by atoms with Crippen LogP contribution in [0, 0.1) is 0 Å². The van der Waals surface area contributed by atoms with Crippen LogP contribution in [-0.2, 0) is 12.8 Å². The zero-order valence-corrected chi connectivity index (χ0v) is 12.2. The molecule has 0 aliphatic carbocycles. The Hall–Kier alpha value is -2.76. The van der Waals surface area contributed by atoms with E-state index in [1.54, 1.807) is 18.5 Å². The van der Waals surface area contributed by atoms with Gasteiger partial charge >= 0.3 is 0 Å². The smallest absolute Gasteiger partial charge is 0.240 e. The van der Waals surface area contributed by atoms with E-state index in [0.717, 1.165) is 13.0 Å². The molecule has 0 saturated carbocycles. The molecule has 0 saturated heterocycles. The third-order valence-corrected chi connectivity index (χ3v) is 3.86. The summed E-state index contributed by atoms with van der Waals surface area (Å²) in [6.07, 6.45) is 5.04. The summed E-state index contributed by atoms with van der Waals surface area (Å²) >= 11 is 0. The first kappa shape index (κ1) is 12.9. The lowest BCUT2D eigenvalue weighted by molar-refractivity contribution is 0.385. The van der Waals surface area contributed by atoms with Crippen LogP contribution in [0.15, 0.2) is 41.2 Å². The minimum atomic E-state index is 0.427. The maximum Gasteiger partial charge on any atom is 0.240 e. The minimum absolute atomic E-state index is 0.427. The van der Waals surface area contributed by atoms with Gasteiger partial charge in [0.25, 0.3) is 0 Å². The fourth-order valence-corrected chi connectivity index (χ4v) is 2.74. The van der Waals surface area contributed by atoms with Crippen molar-refractivity contribution < 1.29 is 4.52 Å². The molecule has 110 valence electrons. The van der Waals surface area contributed by atoms with Crippen LogP contribution in [0.5, 0.6) is 0 Å². The molecule has 3 aromatic rings. The second kappa shape index (κ2) is 5.22. The largest absolute Gasteiger partial charge is 0.374 e. The Balaban J connectivity index is 1.56. The van der Waals surface area contributed by atoms with E-state index in [1.807, 2.05) is 0 Å². The van der Waals surface area contributed by atoms with E-state index in [0.29, 0.717) is 24.0 Å². The lowest BCUT2D eigenvalue weighted by Gasteiger charge is -2.11. The molecule has 22 heavy (non-hydrogen) atoms. The van der Waals surface area contributed by atoms with Gasteiger partial charge in [-0.05, 0) is 29.7 Å². The van der Waals surface area contributed by atoms with E-state index in [-0.39, 0.29) is 0 Å². The van der Waals surface area contributed by atoms with E-state index in [9.17, 15) is 0 Å². The number of fused-ring (bicyclic) bond motifs is 1. The van der Waals surface area contributed by atoms with Crippen LogP contribution >= 0.6 is 0 Å². The first-order valence-electron chi connectivity index (χ1n) is 7.22. The Morgan fingerprint density at radius 1 is 1.18 bits per heavy atom. The summed E-state index contributed by atoms with van der Waals surface area (Å²) in [7, 11) is 2.12. The number of aromatic nitrogens is 4. The van der Waals surface area contributed by atoms with Gasteiger partial charge in [-0.25, -0.2) is 9.97 Å². The average molecular weight is 293 g/mol. The van der Waals surface area contributed by atoms with Crippen LogP contribution < -0.4 is 4.90 Å². The fourth-order valence-electron chi connectivity index (χ4n) is 2.74.